The first-order valence-corrected chi connectivity index (χ1v) is 11.6. The van der Waals surface area contributed by atoms with Gasteiger partial charge in [0, 0.05) is 22.6 Å². The minimum absolute atomic E-state index is 0.439. The third-order valence-corrected chi connectivity index (χ3v) is 5.91. The third-order valence-electron chi connectivity index (χ3n) is 5.07. The molecule has 1 aliphatic rings. The standard InChI is InChI=1S/C26H22N4O2S/c1-2-15-33-26-28-25-23(29-30-26)21-13-6-7-14-22(21)27-24(32-25)19-11-8-12-20(16-19)31-17-18-9-4-3-5-10-18/h2-14,16,24,27H,1,15,17H2/t24-/m0/s1. The smallest absolute Gasteiger partial charge is 0.247 e. The highest BCUT2D eigenvalue weighted by molar-refractivity contribution is 7.99. The van der Waals surface area contributed by atoms with Gasteiger partial charge in [-0.25, -0.2) is 0 Å². The number of fused-ring (bicyclic) bond motifs is 3. The summed E-state index contributed by atoms with van der Waals surface area (Å²) in [7, 11) is 0. The van der Waals surface area contributed by atoms with Crippen molar-refractivity contribution in [3.05, 3.63) is 103 Å². The molecule has 0 aliphatic carbocycles. The van der Waals surface area contributed by atoms with Crippen molar-refractivity contribution in [2.24, 2.45) is 0 Å². The molecule has 0 unspecified atom stereocenters. The fraction of sp³-hybridized carbons (Fsp3) is 0.115. The second-order valence-corrected chi connectivity index (χ2v) is 8.37. The second kappa shape index (κ2) is 9.75. The van der Waals surface area contributed by atoms with Crippen LogP contribution >= 0.6 is 11.8 Å². The lowest BCUT2D eigenvalue weighted by molar-refractivity contribution is 0.224. The first-order chi connectivity index (χ1) is 16.3. The van der Waals surface area contributed by atoms with E-state index in [4.69, 9.17) is 9.47 Å². The lowest BCUT2D eigenvalue weighted by Crippen LogP contribution is -2.17. The molecule has 0 saturated carbocycles. The largest absolute Gasteiger partial charge is 0.489 e. The number of hydrogen-bond donors (Lipinski definition) is 1. The topological polar surface area (TPSA) is 69.2 Å². The average molecular weight is 455 g/mol. The van der Waals surface area contributed by atoms with Gasteiger partial charge in [-0.1, -0.05) is 78.5 Å². The van der Waals surface area contributed by atoms with E-state index in [-0.39, 0.29) is 0 Å². The maximum Gasteiger partial charge on any atom is 0.247 e. The first-order valence-electron chi connectivity index (χ1n) is 10.6. The molecule has 5 rings (SSSR count). The number of ether oxygens (including phenoxy) is 2. The molecule has 1 aromatic heterocycles. The number of aromatic nitrogens is 3. The van der Waals surface area contributed by atoms with Gasteiger partial charge in [0.1, 0.15) is 12.4 Å². The number of thioether (sulfide) groups is 1. The molecule has 4 aromatic rings. The van der Waals surface area contributed by atoms with Gasteiger partial charge in [-0.2, -0.15) is 4.98 Å². The molecule has 0 radical (unpaired) electrons. The summed E-state index contributed by atoms with van der Waals surface area (Å²) in [6, 6.07) is 25.9. The molecule has 0 spiro atoms. The minimum atomic E-state index is -0.471. The quantitative estimate of drug-likeness (QED) is 0.275. The van der Waals surface area contributed by atoms with Crippen LogP contribution in [0.1, 0.15) is 17.4 Å². The maximum absolute atomic E-state index is 6.34. The lowest BCUT2D eigenvalue weighted by atomic mass is 10.1. The Morgan fingerprint density at radius 3 is 2.73 bits per heavy atom. The van der Waals surface area contributed by atoms with Crippen molar-refractivity contribution < 1.29 is 9.47 Å². The molecule has 0 fully saturated rings. The zero-order chi connectivity index (χ0) is 22.5. The molecular weight excluding hydrogens is 432 g/mol. The molecule has 0 saturated heterocycles. The van der Waals surface area contributed by atoms with E-state index in [1.54, 1.807) is 6.08 Å². The Morgan fingerprint density at radius 1 is 1.00 bits per heavy atom. The molecule has 1 N–H and O–H groups in total. The van der Waals surface area contributed by atoms with Crippen molar-refractivity contribution >= 4 is 17.4 Å². The van der Waals surface area contributed by atoms with Gasteiger partial charge in [0.2, 0.25) is 11.0 Å². The number of para-hydroxylation sites is 1. The highest BCUT2D eigenvalue weighted by atomic mass is 32.2. The van der Waals surface area contributed by atoms with Gasteiger partial charge in [0.25, 0.3) is 0 Å². The number of hydrogen-bond acceptors (Lipinski definition) is 7. The van der Waals surface area contributed by atoms with E-state index in [0.717, 1.165) is 28.1 Å². The van der Waals surface area contributed by atoms with Crippen LogP contribution in [-0.4, -0.2) is 20.9 Å². The number of rotatable bonds is 7. The normalized spacial score (nSPS) is 14.1. The van der Waals surface area contributed by atoms with Crippen LogP contribution in [0.3, 0.4) is 0 Å². The van der Waals surface area contributed by atoms with E-state index in [9.17, 15) is 0 Å². The van der Waals surface area contributed by atoms with E-state index in [2.05, 4.69) is 27.1 Å². The van der Waals surface area contributed by atoms with Gasteiger partial charge >= 0.3 is 0 Å². The van der Waals surface area contributed by atoms with Crippen LogP contribution < -0.4 is 14.8 Å². The Labute approximate surface area is 196 Å². The van der Waals surface area contributed by atoms with Crippen LogP contribution in [0.15, 0.2) is 96.7 Å². The Kier molecular flexibility index (Phi) is 6.21. The van der Waals surface area contributed by atoms with Crippen LogP contribution in [0, 0.1) is 0 Å². The molecule has 6 nitrogen and oxygen atoms in total. The summed E-state index contributed by atoms with van der Waals surface area (Å²) in [4.78, 5) is 4.63. The van der Waals surface area contributed by atoms with Crippen LogP contribution in [0.5, 0.6) is 11.6 Å². The van der Waals surface area contributed by atoms with Crippen molar-refractivity contribution in [2.45, 2.75) is 18.0 Å². The second-order valence-electron chi connectivity index (χ2n) is 7.38. The molecule has 0 amide bonds. The van der Waals surface area contributed by atoms with E-state index in [1.165, 1.54) is 11.8 Å². The Morgan fingerprint density at radius 2 is 1.85 bits per heavy atom. The summed E-state index contributed by atoms with van der Waals surface area (Å²) < 4.78 is 12.4. The SMILES string of the molecule is C=CCSc1nnc2c(n1)O[C@@H](c1cccc(OCc3ccccc3)c1)Nc1ccccc1-2. The van der Waals surface area contributed by atoms with E-state index < -0.39 is 6.23 Å². The van der Waals surface area contributed by atoms with Gasteiger partial charge < -0.3 is 14.8 Å². The third kappa shape index (κ3) is 4.83. The Balaban J connectivity index is 1.45. The predicted molar refractivity (Wildman–Crippen MR) is 130 cm³/mol. The fourth-order valence-electron chi connectivity index (χ4n) is 3.50. The highest BCUT2D eigenvalue weighted by Crippen LogP contribution is 2.39. The summed E-state index contributed by atoms with van der Waals surface area (Å²) >= 11 is 1.46. The molecule has 2 heterocycles. The number of nitrogens with zero attached hydrogens (tertiary/aromatic N) is 3. The van der Waals surface area contributed by atoms with Crippen molar-refractivity contribution in [1.29, 1.82) is 0 Å². The molecule has 3 aromatic carbocycles. The van der Waals surface area contributed by atoms with Gasteiger partial charge in [0.05, 0.1) is 0 Å². The van der Waals surface area contributed by atoms with Crippen LogP contribution in [0.2, 0.25) is 0 Å². The summed E-state index contributed by atoms with van der Waals surface area (Å²) in [6.07, 6.45) is 1.34. The van der Waals surface area contributed by atoms with Crippen LogP contribution in [-0.2, 0) is 6.61 Å². The van der Waals surface area contributed by atoms with Crippen molar-refractivity contribution in [1.82, 2.24) is 15.2 Å². The molecule has 0 bridgehead atoms. The van der Waals surface area contributed by atoms with Crippen LogP contribution in [0.4, 0.5) is 5.69 Å². The highest BCUT2D eigenvalue weighted by Gasteiger charge is 2.26. The molecule has 1 atom stereocenters. The number of anilines is 1. The minimum Gasteiger partial charge on any atom is -0.489 e. The van der Waals surface area contributed by atoms with E-state index in [1.807, 2.05) is 78.9 Å². The van der Waals surface area contributed by atoms with E-state index >= 15 is 0 Å². The zero-order valence-corrected chi connectivity index (χ0v) is 18.7. The monoisotopic (exact) mass is 454 g/mol. The molecule has 33 heavy (non-hydrogen) atoms. The molecule has 7 heteroatoms. The lowest BCUT2D eigenvalue weighted by Gasteiger charge is -2.20. The average Bonchev–Trinajstić information content (AvgIpc) is 3.03. The molecule has 1 aliphatic heterocycles. The Bertz CT molecular complexity index is 1270. The predicted octanol–water partition coefficient (Wildman–Crippen LogP) is 5.90. The van der Waals surface area contributed by atoms with E-state index in [0.29, 0.717) is 29.1 Å². The van der Waals surface area contributed by atoms with Crippen molar-refractivity contribution in [3.63, 3.8) is 0 Å². The van der Waals surface area contributed by atoms with Gasteiger partial charge in [-0.15, -0.1) is 16.8 Å². The summed E-state index contributed by atoms with van der Waals surface area (Å²) in [6.45, 7) is 4.25. The van der Waals surface area contributed by atoms with Gasteiger partial charge in [0.15, 0.2) is 11.9 Å². The molecule has 164 valence electrons. The Hall–Kier alpha value is -3.84. The van der Waals surface area contributed by atoms with Crippen LogP contribution in [0.25, 0.3) is 11.3 Å². The maximum atomic E-state index is 6.34. The van der Waals surface area contributed by atoms with Gasteiger partial charge in [-0.05, 0) is 23.8 Å². The van der Waals surface area contributed by atoms with Gasteiger partial charge in [-0.3, -0.25) is 0 Å². The fourth-order valence-corrected chi connectivity index (χ4v) is 4.01. The number of nitrogens with one attached hydrogen (secondary N) is 1. The summed E-state index contributed by atoms with van der Waals surface area (Å²) in [5.41, 5.74) is 4.44. The summed E-state index contributed by atoms with van der Waals surface area (Å²) in [5, 5.41) is 12.7. The number of benzene rings is 3. The summed E-state index contributed by atoms with van der Waals surface area (Å²) in [5.74, 6) is 1.90. The van der Waals surface area contributed by atoms with Crippen molar-refractivity contribution in [3.8, 4) is 22.9 Å². The zero-order valence-electron chi connectivity index (χ0n) is 17.8. The first kappa shape index (κ1) is 21.0. The van der Waals surface area contributed by atoms with Crippen molar-refractivity contribution in [2.75, 3.05) is 11.1 Å². The molecular formula is C26H22N4O2S.